The first-order chi connectivity index (χ1) is 6.36. The van der Waals surface area contributed by atoms with Gasteiger partial charge in [-0.1, -0.05) is 6.92 Å². The molecule has 0 radical (unpaired) electrons. The summed E-state index contributed by atoms with van der Waals surface area (Å²) in [6.07, 6.45) is 3.09. The lowest BCUT2D eigenvalue weighted by Crippen LogP contribution is -2.37. The number of nitrogens with one attached hydrogen (secondary N) is 1. The molecule has 1 rings (SSSR count). The van der Waals surface area contributed by atoms with Gasteiger partial charge in [-0.15, -0.1) is 0 Å². The second kappa shape index (κ2) is 6.68. The Morgan fingerprint density at radius 3 is 2.85 bits per heavy atom. The fraction of sp³-hybridized carbons (Fsp3) is 1.00. The summed E-state index contributed by atoms with van der Waals surface area (Å²) in [5.74, 6) is 3.23. The lowest BCUT2D eigenvalue weighted by atomic mass is 9.82. The fourth-order valence-electron chi connectivity index (χ4n) is 1.68. The monoisotopic (exact) mass is 203 g/mol. The maximum absolute atomic E-state index is 5.71. The van der Waals surface area contributed by atoms with Gasteiger partial charge in [0.25, 0.3) is 0 Å². The van der Waals surface area contributed by atoms with Crippen molar-refractivity contribution < 1.29 is 4.74 Å². The third-order valence-corrected chi connectivity index (χ3v) is 3.33. The lowest BCUT2D eigenvalue weighted by Gasteiger charge is -2.35. The van der Waals surface area contributed by atoms with Crippen LogP contribution in [0.5, 0.6) is 0 Å². The van der Waals surface area contributed by atoms with Gasteiger partial charge in [0.05, 0.1) is 12.7 Å². The molecule has 1 fully saturated rings. The van der Waals surface area contributed by atoms with Crippen molar-refractivity contribution in [3.8, 4) is 0 Å². The molecular weight excluding hydrogens is 182 g/mol. The van der Waals surface area contributed by atoms with Crippen LogP contribution in [0.2, 0.25) is 0 Å². The first kappa shape index (κ1) is 11.3. The SMILES string of the molecule is CCSCCOC1CC(CNC)C1. The summed E-state index contributed by atoms with van der Waals surface area (Å²) in [5.41, 5.74) is 0. The summed E-state index contributed by atoms with van der Waals surface area (Å²) >= 11 is 1.96. The molecule has 0 atom stereocenters. The first-order valence-electron chi connectivity index (χ1n) is 5.20. The summed E-state index contributed by atoms with van der Waals surface area (Å²) < 4.78 is 5.71. The number of hydrogen-bond acceptors (Lipinski definition) is 3. The largest absolute Gasteiger partial charge is 0.377 e. The van der Waals surface area contributed by atoms with Crippen LogP contribution in [-0.2, 0) is 4.74 Å². The van der Waals surface area contributed by atoms with Crippen LogP contribution >= 0.6 is 11.8 Å². The minimum absolute atomic E-state index is 0.566. The molecule has 0 heterocycles. The van der Waals surface area contributed by atoms with Gasteiger partial charge >= 0.3 is 0 Å². The van der Waals surface area contributed by atoms with Crippen molar-refractivity contribution in [3.63, 3.8) is 0 Å². The molecule has 1 aliphatic rings. The Morgan fingerprint density at radius 1 is 1.46 bits per heavy atom. The summed E-state index contributed by atoms with van der Waals surface area (Å²) in [7, 11) is 2.02. The van der Waals surface area contributed by atoms with E-state index in [0.29, 0.717) is 6.10 Å². The molecule has 78 valence electrons. The Morgan fingerprint density at radius 2 is 2.23 bits per heavy atom. The summed E-state index contributed by atoms with van der Waals surface area (Å²) in [6.45, 7) is 4.29. The van der Waals surface area contributed by atoms with E-state index >= 15 is 0 Å². The molecule has 0 aromatic heterocycles. The van der Waals surface area contributed by atoms with Gasteiger partial charge in [0, 0.05) is 5.75 Å². The van der Waals surface area contributed by atoms with Crippen LogP contribution in [0.4, 0.5) is 0 Å². The first-order valence-corrected chi connectivity index (χ1v) is 6.36. The van der Waals surface area contributed by atoms with Crippen LogP contribution in [0.25, 0.3) is 0 Å². The molecule has 2 nitrogen and oxygen atoms in total. The second-order valence-electron chi connectivity index (χ2n) is 3.58. The van der Waals surface area contributed by atoms with Gasteiger partial charge in [-0.05, 0) is 38.1 Å². The van der Waals surface area contributed by atoms with Gasteiger partial charge in [-0.2, -0.15) is 11.8 Å². The highest BCUT2D eigenvalue weighted by molar-refractivity contribution is 7.99. The zero-order valence-corrected chi connectivity index (χ0v) is 9.53. The van der Waals surface area contributed by atoms with Crippen molar-refractivity contribution >= 4 is 11.8 Å². The highest BCUT2D eigenvalue weighted by atomic mass is 32.2. The van der Waals surface area contributed by atoms with E-state index in [1.54, 1.807) is 0 Å². The molecule has 0 amide bonds. The predicted octanol–water partition coefficient (Wildman–Crippen LogP) is 1.75. The molecule has 0 aliphatic heterocycles. The van der Waals surface area contributed by atoms with Crippen molar-refractivity contribution in [2.24, 2.45) is 5.92 Å². The van der Waals surface area contributed by atoms with E-state index in [2.05, 4.69) is 12.2 Å². The maximum atomic E-state index is 5.71. The van der Waals surface area contributed by atoms with Gasteiger partial charge in [0.15, 0.2) is 0 Å². The zero-order valence-electron chi connectivity index (χ0n) is 8.71. The van der Waals surface area contributed by atoms with Crippen LogP contribution < -0.4 is 5.32 Å². The van der Waals surface area contributed by atoms with Crippen LogP contribution in [0.15, 0.2) is 0 Å². The molecule has 0 saturated heterocycles. The van der Waals surface area contributed by atoms with E-state index < -0.39 is 0 Å². The van der Waals surface area contributed by atoms with Gasteiger partial charge in [0.1, 0.15) is 0 Å². The molecule has 0 spiro atoms. The van der Waals surface area contributed by atoms with Crippen molar-refractivity contribution in [2.45, 2.75) is 25.9 Å². The average Bonchev–Trinajstić information content (AvgIpc) is 2.07. The predicted molar refractivity (Wildman–Crippen MR) is 59.4 cm³/mol. The summed E-state index contributed by atoms with van der Waals surface area (Å²) in [4.78, 5) is 0. The molecule has 3 heteroatoms. The van der Waals surface area contributed by atoms with Crippen molar-refractivity contribution in [1.82, 2.24) is 5.32 Å². The van der Waals surface area contributed by atoms with Crippen LogP contribution in [0.3, 0.4) is 0 Å². The average molecular weight is 203 g/mol. The Kier molecular flexibility index (Phi) is 5.83. The topological polar surface area (TPSA) is 21.3 Å². The summed E-state index contributed by atoms with van der Waals surface area (Å²) in [5, 5.41) is 3.21. The maximum Gasteiger partial charge on any atom is 0.0581 e. The Bertz CT molecular complexity index is 126. The van der Waals surface area contributed by atoms with Gasteiger partial charge in [-0.3, -0.25) is 0 Å². The van der Waals surface area contributed by atoms with Crippen LogP contribution in [-0.4, -0.2) is 37.8 Å². The third kappa shape index (κ3) is 4.34. The van der Waals surface area contributed by atoms with E-state index in [1.807, 2.05) is 18.8 Å². The summed E-state index contributed by atoms with van der Waals surface area (Å²) in [6, 6.07) is 0. The third-order valence-electron chi connectivity index (χ3n) is 2.47. The molecule has 1 N–H and O–H groups in total. The molecular formula is C10H21NOS. The molecule has 0 aromatic rings. The van der Waals surface area contributed by atoms with Gasteiger partial charge in [0.2, 0.25) is 0 Å². The van der Waals surface area contributed by atoms with Crippen molar-refractivity contribution in [2.75, 3.05) is 31.7 Å². The number of ether oxygens (including phenoxy) is 1. The molecule has 0 aromatic carbocycles. The van der Waals surface area contributed by atoms with E-state index in [0.717, 1.165) is 24.8 Å². The lowest BCUT2D eigenvalue weighted by molar-refractivity contribution is -0.0220. The molecule has 1 saturated carbocycles. The zero-order chi connectivity index (χ0) is 9.52. The van der Waals surface area contributed by atoms with Crippen molar-refractivity contribution in [3.05, 3.63) is 0 Å². The highest BCUT2D eigenvalue weighted by Crippen LogP contribution is 2.29. The van der Waals surface area contributed by atoms with Crippen molar-refractivity contribution in [1.29, 1.82) is 0 Å². The number of hydrogen-bond donors (Lipinski definition) is 1. The fourth-order valence-corrected chi connectivity index (χ4v) is 2.19. The quantitative estimate of drug-likeness (QED) is 0.637. The Labute approximate surface area is 85.8 Å². The van der Waals surface area contributed by atoms with Crippen LogP contribution in [0.1, 0.15) is 19.8 Å². The molecule has 1 aliphatic carbocycles. The van der Waals surface area contributed by atoms with Crippen LogP contribution in [0, 0.1) is 5.92 Å². The Hall–Kier alpha value is 0.270. The highest BCUT2D eigenvalue weighted by Gasteiger charge is 2.28. The molecule has 0 unspecified atom stereocenters. The van der Waals surface area contributed by atoms with E-state index in [9.17, 15) is 0 Å². The van der Waals surface area contributed by atoms with E-state index in [4.69, 9.17) is 4.74 Å². The molecule has 13 heavy (non-hydrogen) atoms. The normalized spacial score (nSPS) is 27.2. The number of thioether (sulfide) groups is 1. The Balaban J connectivity index is 1.84. The van der Waals surface area contributed by atoms with E-state index in [1.165, 1.54) is 18.6 Å². The van der Waals surface area contributed by atoms with E-state index in [-0.39, 0.29) is 0 Å². The molecule has 0 bridgehead atoms. The minimum atomic E-state index is 0.566. The number of rotatable bonds is 7. The van der Waals surface area contributed by atoms with Gasteiger partial charge < -0.3 is 10.1 Å². The standard InChI is InChI=1S/C10H21NOS/c1-3-13-5-4-12-10-6-9(7-10)8-11-2/h9-11H,3-8H2,1-2H3. The second-order valence-corrected chi connectivity index (χ2v) is 4.98. The smallest absolute Gasteiger partial charge is 0.0581 e. The minimum Gasteiger partial charge on any atom is -0.377 e. The van der Waals surface area contributed by atoms with Gasteiger partial charge in [-0.25, -0.2) is 0 Å².